The van der Waals surface area contributed by atoms with Crippen molar-refractivity contribution >= 4 is 39.6 Å². The third-order valence-corrected chi connectivity index (χ3v) is 7.26. The SMILES string of the molecule is CCOc1cc2ncnc(Nc3ccc(Oc4ccn5ncnc5c4)c(C)c3)c2cc1NC(=O)/C=C/[C@H]1CCCN1C. The number of hydrogen-bond acceptors (Lipinski definition) is 9. The van der Waals surface area contributed by atoms with E-state index >= 15 is 0 Å². The number of aromatic nitrogens is 5. The number of pyridine rings is 1. The first kappa shape index (κ1) is 27.2. The van der Waals surface area contributed by atoms with E-state index in [1.807, 2.05) is 62.4 Å². The Morgan fingerprint density at radius 3 is 2.81 bits per heavy atom. The minimum Gasteiger partial charge on any atom is -0.492 e. The van der Waals surface area contributed by atoms with Crippen molar-refractivity contribution in [2.45, 2.75) is 32.7 Å². The number of fused-ring (bicyclic) bond motifs is 2. The quantitative estimate of drug-likeness (QED) is 0.224. The molecule has 1 aliphatic heterocycles. The number of hydrogen-bond donors (Lipinski definition) is 2. The number of aryl methyl sites for hydroxylation is 1. The Kier molecular flexibility index (Phi) is 7.65. The van der Waals surface area contributed by atoms with E-state index in [0.717, 1.165) is 41.8 Å². The summed E-state index contributed by atoms with van der Waals surface area (Å²) in [6, 6.07) is 13.4. The lowest BCUT2D eigenvalue weighted by atomic mass is 10.1. The molecule has 1 fully saturated rings. The molecule has 3 aromatic heterocycles. The number of ether oxygens (including phenoxy) is 2. The molecule has 4 heterocycles. The number of likely N-dealkylation sites (tertiary alicyclic amines) is 1. The first-order valence-electron chi connectivity index (χ1n) is 13.9. The van der Waals surface area contributed by atoms with Crippen molar-refractivity contribution in [3.8, 4) is 17.2 Å². The number of nitrogens with zero attached hydrogens (tertiary/aromatic N) is 6. The van der Waals surface area contributed by atoms with Gasteiger partial charge in [-0.1, -0.05) is 6.08 Å². The molecule has 0 unspecified atom stereocenters. The van der Waals surface area contributed by atoms with Crippen LogP contribution in [0.1, 0.15) is 25.3 Å². The average Bonchev–Trinajstić information content (AvgIpc) is 3.62. The van der Waals surface area contributed by atoms with Gasteiger partial charge in [-0.2, -0.15) is 5.10 Å². The van der Waals surface area contributed by atoms with Gasteiger partial charge in [-0.3, -0.25) is 9.69 Å². The zero-order chi connectivity index (χ0) is 29.1. The van der Waals surface area contributed by atoms with Crippen molar-refractivity contribution in [2.75, 3.05) is 30.8 Å². The van der Waals surface area contributed by atoms with Crippen LogP contribution in [0.5, 0.6) is 17.2 Å². The summed E-state index contributed by atoms with van der Waals surface area (Å²) in [5, 5.41) is 11.2. The van der Waals surface area contributed by atoms with Gasteiger partial charge in [0.2, 0.25) is 5.91 Å². The van der Waals surface area contributed by atoms with Crippen LogP contribution in [0, 0.1) is 6.92 Å². The van der Waals surface area contributed by atoms with Gasteiger partial charge in [0.1, 0.15) is 35.7 Å². The molecule has 6 rings (SSSR count). The first-order valence-corrected chi connectivity index (χ1v) is 13.9. The highest BCUT2D eigenvalue weighted by molar-refractivity contribution is 6.03. The van der Waals surface area contributed by atoms with Crippen molar-refractivity contribution in [3.05, 3.63) is 79.0 Å². The predicted molar refractivity (Wildman–Crippen MR) is 162 cm³/mol. The molecule has 5 aromatic rings. The lowest BCUT2D eigenvalue weighted by Crippen LogP contribution is -2.23. The molecule has 1 saturated heterocycles. The molecule has 0 spiro atoms. The molecule has 0 bridgehead atoms. The molecular formula is C31H32N8O3. The van der Waals surface area contributed by atoms with E-state index in [-0.39, 0.29) is 11.9 Å². The summed E-state index contributed by atoms with van der Waals surface area (Å²) in [5.41, 5.74) is 3.72. The minimum atomic E-state index is -0.212. The van der Waals surface area contributed by atoms with Crippen LogP contribution in [0.3, 0.4) is 0 Å². The molecule has 0 aliphatic carbocycles. The Balaban J connectivity index is 1.23. The summed E-state index contributed by atoms with van der Waals surface area (Å²) in [6.07, 6.45) is 10.6. The van der Waals surface area contributed by atoms with Crippen LogP contribution in [-0.2, 0) is 4.79 Å². The van der Waals surface area contributed by atoms with Gasteiger partial charge in [0.25, 0.3) is 0 Å². The maximum atomic E-state index is 12.9. The maximum Gasteiger partial charge on any atom is 0.248 e. The molecule has 1 amide bonds. The Hall–Kier alpha value is -5.03. The van der Waals surface area contributed by atoms with E-state index in [2.05, 4.69) is 42.6 Å². The van der Waals surface area contributed by atoms with Gasteiger partial charge in [-0.05, 0) is 76.2 Å². The summed E-state index contributed by atoms with van der Waals surface area (Å²) < 4.78 is 13.6. The van der Waals surface area contributed by atoms with Crippen molar-refractivity contribution in [3.63, 3.8) is 0 Å². The van der Waals surface area contributed by atoms with Gasteiger partial charge in [-0.15, -0.1) is 0 Å². The summed E-state index contributed by atoms with van der Waals surface area (Å²) in [5.74, 6) is 2.34. The normalized spacial score (nSPS) is 15.5. The Labute approximate surface area is 243 Å². The van der Waals surface area contributed by atoms with Crippen LogP contribution in [-0.4, -0.2) is 61.6 Å². The minimum absolute atomic E-state index is 0.212. The largest absolute Gasteiger partial charge is 0.492 e. The van der Waals surface area contributed by atoms with Gasteiger partial charge >= 0.3 is 0 Å². The molecule has 214 valence electrons. The molecule has 1 atom stereocenters. The number of benzene rings is 2. The van der Waals surface area contributed by atoms with Crippen LogP contribution >= 0.6 is 0 Å². The lowest BCUT2D eigenvalue weighted by Gasteiger charge is -2.16. The van der Waals surface area contributed by atoms with Crippen LogP contribution in [0.4, 0.5) is 17.2 Å². The van der Waals surface area contributed by atoms with Crippen LogP contribution < -0.4 is 20.1 Å². The highest BCUT2D eigenvalue weighted by Gasteiger charge is 2.18. The van der Waals surface area contributed by atoms with E-state index in [1.165, 1.54) is 12.7 Å². The van der Waals surface area contributed by atoms with E-state index < -0.39 is 0 Å². The number of anilines is 3. The third-order valence-electron chi connectivity index (χ3n) is 7.26. The van der Waals surface area contributed by atoms with E-state index in [1.54, 1.807) is 16.8 Å². The molecule has 1 aliphatic rings. The van der Waals surface area contributed by atoms with E-state index in [9.17, 15) is 4.79 Å². The van der Waals surface area contributed by atoms with Gasteiger partial charge in [0, 0.05) is 41.5 Å². The third kappa shape index (κ3) is 5.86. The van der Waals surface area contributed by atoms with Gasteiger partial charge in [0.15, 0.2) is 5.65 Å². The summed E-state index contributed by atoms with van der Waals surface area (Å²) in [4.78, 5) is 28.3. The highest BCUT2D eigenvalue weighted by Crippen LogP contribution is 2.34. The molecule has 2 N–H and O–H groups in total. The molecule has 0 radical (unpaired) electrons. The van der Waals surface area contributed by atoms with Crippen molar-refractivity contribution in [2.24, 2.45) is 0 Å². The average molecular weight is 565 g/mol. The fourth-order valence-electron chi connectivity index (χ4n) is 5.07. The standard InChI is InChI=1S/C31H32N8O3/c1-4-41-28-17-25-24(16-26(28)37-30(40)10-8-22-6-5-12-38(22)3)31(34-18-32-25)36-21-7-9-27(20(2)14-21)42-23-11-13-39-29(15-23)33-19-35-39/h7-11,13-19,22H,4-6,12H2,1-3H3,(H,37,40)(H,32,34,36)/b10-8+/t22-/m1/s1. The molecule has 11 nitrogen and oxygen atoms in total. The smallest absolute Gasteiger partial charge is 0.248 e. The zero-order valence-corrected chi connectivity index (χ0v) is 23.7. The van der Waals surface area contributed by atoms with Gasteiger partial charge in [0.05, 0.1) is 17.8 Å². The number of likely N-dealkylation sites (N-methyl/N-ethyl adjacent to an activating group) is 1. The second-order valence-corrected chi connectivity index (χ2v) is 10.2. The first-order chi connectivity index (χ1) is 20.5. The van der Waals surface area contributed by atoms with E-state index in [4.69, 9.17) is 9.47 Å². The van der Waals surface area contributed by atoms with Crippen LogP contribution in [0.2, 0.25) is 0 Å². The predicted octanol–water partition coefficient (Wildman–Crippen LogP) is 5.50. The molecular weight excluding hydrogens is 532 g/mol. The molecule has 42 heavy (non-hydrogen) atoms. The number of carbonyl (C=O) groups is 1. The highest BCUT2D eigenvalue weighted by atomic mass is 16.5. The Morgan fingerprint density at radius 1 is 1.10 bits per heavy atom. The van der Waals surface area contributed by atoms with Crippen molar-refractivity contribution in [1.29, 1.82) is 0 Å². The summed E-state index contributed by atoms with van der Waals surface area (Å²) in [6.45, 7) is 5.38. The molecule has 0 saturated carbocycles. The second-order valence-electron chi connectivity index (χ2n) is 10.2. The number of nitrogens with one attached hydrogen (secondary N) is 2. The number of rotatable bonds is 9. The fourth-order valence-corrected chi connectivity index (χ4v) is 5.07. The topological polar surface area (TPSA) is 119 Å². The maximum absolute atomic E-state index is 12.9. The lowest BCUT2D eigenvalue weighted by molar-refractivity contribution is -0.112. The van der Waals surface area contributed by atoms with Crippen LogP contribution in [0.25, 0.3) is 16.6 Å². The monoisotopic (exact) mass is 564 g/mol. The number of amides is 1. The van der Waals surface area contributed by atoms with Crippen molar-refractivity contribution < 1.29 is 14.3 Å². The fraction of sp³-hybridized carbons (Fsp3) is 0.258. The molecule has 11 heteroatoms. The molecule has 2 aromatic carbocycles. The van der Waals surface area contributed by atoms with Crippen LogP contribution in [0.15, 0.2) is 73.5 Å². The second kappa shape index (κ2) is 11.8. The Bertz CT molecular complexity index is 1780. The summed E-state index contributed by atoms with van der Waals surface area (Å²) >= 11 is 0. The van der Waals surface area contributed by atoms with Gasteiger partial charge < -0.3 is 20.1 Å². The van der Waals surface area contributed by atoms with E-state index in [0.29, 0.717) is 40.8 Å². The zero-order valence-electron chi connectivity index (χ0n) is 23.7. The van der Waals surface area contributed by atoms with Gasteiger partial charge in [-0.25, -0.2) is 19.5 Å². The number of carbonyl (C=O) groups excluding carboxylic acids is 1. The van der Waals surface area contributed by atoms with Crippen molar-refractivity contribution in [1.82, 2.24) is 29.5 Å². The summed E-state index contributed by atoms with van der Waals surface area (Å²) in [7, 11) is 2.08. The Morgan fingerprint density at radius 2 is 2.00 bits per heavy atom.